The van der Waals surface area contributed by atoms with E-state index in [2.05, 4.69) is 4.99 Å². The second-order valence-corrected chi connectivity index (χ2v) is 4.57. The van der Waals surface area contributed by atoms with Gasteiger partial charge in [-0.15, -0.1) is 0 Å². The maximum absolute atomic E-state index is 13.6. The molecule has 0 amide bonds. The second kappa shape index (κ2) is 4.53. The molecule has 1 heterocycles. The van der Waals surface area contributed by atoms with Crippen LogP contribution >= 0.6 is 11.6 Å². The Hall–Kier alpha value is -1.29. The van der Waals surface area contributed by atoms with Crippen molar-refractivity contribution in [3.63, 3.8) is 0 Å². The highest BCUT2D eigenvalue weighted by molar-refractivity contribution is 6.30. The molecule has 0 saturated heterocycles. The van der Waals surface area contributed by atoms with Crippen molar-refractivity contribution in [3.05, 3.63) is 17.9 Å². The third kappa shape index (κ3) is 2.09. The first-order chi connectivity index (χ1) is 8.04. The number of methoxy groups -OCH3 is 1. The van der Waals surface area contributed by atoms with Gasteiger partial charge in [0.15, 0.2) is 11.6 Å². The van der Waals surface area contributed by atoms with Gasteiger partial charge in [-0.1, -0.05) is 11.6 Å². The number of benzene rings is 1. The lowest BCUT2D eigenvalue weighted by Gasteiger charge is -2.35. The first-order valence-electron chi connectivity index (χ1n) is 5.38. The predicted octanol–water partition coefficient (Wildman–Crippen LogP) is 3.33. The summed E-state index contributed by atoms with van der Waals surface area (Å²) in [6.45, 7) is 4.04. The van der Waals surface area contributed by atoms with Crippen LogP contribution in [-0.4, -0.2) is 24.9 Å². The van der Waals surface area contributed by atoms with Crippen LogP contribution in [0.3, 0.4) is 0 Å². The van der Waals surface area contributed by atoms with E-state index >= 15 is 0 Å². The number of alkyl halides is 1. The summed E-state index contributed by atoms with van der Waals surface area (Å²) in [6.07, 6.45) is 1.61. The van der Waals surface area contributed by atoms with Gasteiger partial charge in [-0.2, -0.15) is 0 Å². The van der Waals surface area contributed by atoms with Crippen molar-refractivity contribution in [2.45, 2.75) is 25.4 Å². The Morgan fingerprint density at radius 2 is 2.18 bits per heavy atom. The molecule has 3 nitrogen and oxygen atoms in total. The number of fused-ring (bicyclic) bond motifs is 1. The zero-order chi connectivity index (χ0) is 12.6. The molecule has 1 aliphatic rings. The van der Waals surface area contributed by atoms with Crippen molar-refractivity contribution in [1.82, 2.24) is 0 Å². The highest BCUT2D eigenvalue weighted by atomic mass is 35.5. The fraction of sp³-hybridized carbons (Fsp3) is 0.417. The summed E-state index contributed by atoms with van der Waals surface area (Å²) in [7, 11) is 1.44. The molecule has 0 aliphatic carbocycles. The van der Waals surface area contributed by atoms with Gasteiger partial charge < -0.3 is 9.64 Å². The van der Waals surface area contributed by atoms with Crippen LogP contribution in [0.25, 0.3) is 0 Å². The van der Waals surface area contributed by atoms with E-state index in [4.69, 9.17) is 16.3 Å². The molecule has 0 N–H and O–H groups in total. The molecule has 1 atom stereocenters. The molecule has 17 heavy (non-hydrogen) atoms. The summed E-state index contributed by atoms with van der Waals surface area (Å²) in [5.41, 5.74) is 1.05. The molecular formula is C12H14ClFN2O. The molecule has 92 valence electrons. The standard InChI is InChI=1S/C12H14ClFN2O/c1-7(2)16-10-5-11(17-3)8(14)4-9(10)15-6-12(16)13/h4-7,12H,1-3H3. The lowest BCUT2D eigenvalue weighted by molar-refractivity contribution is 0.386. The Morgan fingerprint density at radius 3 is 2.76 bits per heavy atom. The number of anilines is 1. The lowest BCUT2D eigenvalue weighted by atomic mass is 10.1. The zero-order valence-electron chi connectivity index (χ0n) is 9.95. The van der Waals surface area contributed by atoms with Crippen LogP contribution in [0.4, 0.5) is 15.8 Å². The van der Waals surface area contributed by atoms with Crippen LogP contribution < -0.4 is 9.64 Å². The van der Waals surface area contributed by atoms with Gasteiger partial charge in [0, 0.05) is 24.4 Å². The summed E-state index contributed by atoms with van der Waals surface area (Å²) in [6, 6.07) is 3.19. The maximum Gasteiger partial charge on any atom is 0.167 e. The van der Waals surface area contributed by atoms with Gasteiger partial charge in [-0.3, -0.25) is 4.99 Å². The SMILES string of the molecule is COc1cc2c(cc1F)N=CC(Cl)N2C(C)C. The van der Waals surface area contributed by atoms with Gasteiger partial charge in [0.2, 0.25) is 0 Å². The monoisotopic (exact) mass is 256 g/mol. The van der Waals surface area contributed by atoms with Crippen LogP contribution in [0, 0.1) is 5.82 Å². The Kier molecular flexibility index (Phi) is 3.24. The Bertz CT molecular complexity index is 462. The minimum absolute atomic E-state index is 0.193. The van der Waals surface area contributed by atoms with Gasteiger partial charge in [0.1, 0.15) is 5.50 Å². The van der Waals surface area contributed by atoms with E-state index in [9.17, 15) is 4.39 Å². The number of hydrogen-bond acceptors (Lipinski definition) is 3. The Morgan fingerprint density at radius 1 is 1.47 bits per heavy atom. The molecule has 0 saturated carbocycles. The van der Waals surface area contributed by atoms with Crippen molar-refractivity contribution in [1.29, 1.82) is 0 Å². The molecule has 5 heteroatoms. The minimum atomic E-state index is -0.417. The van der Waals surface area contributed by atoms with Crippen molar-refractivity contribution in [2.24, 2.45) is 4.99 Å². The van der Waals surface area contributed by atoms with Crippen LogP contribution in [0.2, 0.25) is 0 Å². The topological polar surface area (TPSA) is 24.8 Å². The van der Waals surface area contributed by atoms with Crippen molar-refractivity contribution in [2.75, 3.05) is 12.0 Å². The number of nitrogens with zero attached hydrogens (tertiary/aromatic N) is 2. The van der Waals surface area contributed by atoms with Gasteiger partial charge >= 0.3 is 0 Å². The van der Waals surface area contributed by atoms with Gasteiger partial charge in [-0.25, -0.2) is 4.39 Å². The van der Waals surface area contributed by atoms with E-state index in [1.165, 1.54) is 13.2 Å². The maximum atomic E-state index is 13.6. The molecule has 0 spiro atoms. The Balaban J connectivity index is 2.55. The molecule has 0 aromatic heterocycles. The van der Waals surface area contributed by atoms with E-state index in [1.807, 2.05) is 18.7 Å². The summed E-state index contributed by atoms with van der Waals surface area (Å²) in [5.74, 6) is -0.213. The van der Waals surface area contributed by atoms with Crippen molar-refractivity contribution < 1.29 is 9.13 Å². The van der Waals surface area contributed by atoms with E-state index in [1.54, 1.807) is 12.3 Å². The average molecular weight is 257 g/mol. The summed E-state index contributed by atoms with van der Waals surface area (Å²) in [5, 5.41) is 0. The van der Waals surface area contributed by atoms with Crippen molar-refractivity contribution in [3.8, 4) is 5.75 Å². The minimum Gasteiger partial charge on any atom is -0.494 e. The molecule has 1 unspecified atom stereocenters. The molecular weight excluding hydrogens is 243 g/mol. The predicted molar refractivity (Wildman–Crippen MR) is 68.4 cm³/mol. The molecule has 2 rings (SSSR count). The van der Waals surface area contributed by atoms with Crippen LogP contribution in [-0.2, 0) is 0 Å². The summed E-state index contributed by atoms with van der Waals surface area (Å²) >= 11 is 6.18. The molecule has 0 radical (unpaired) electrons. The zero-order valence-corrected chi connectivity index (χ0v) is 10.7. The average Bonchev–Trinajstić information content (AvgIpc) is 2.28. The van der Waals surface area contributed by atoms with Crippen LogP contribution in [0.1, 0.15) is 13.8 Å². The number of rotatable bonds is 2. The molecule has 1 aromatic rings. The second-order valence-electron chi connectivity index (χ2n) is 4.13. The molecule has 0 fully saturated rings. The van der Waals surface area contributed by atoms with Gasteiger partial charge in [-0.05, 0) is 13.8 Å². The first-order valence-corrected chi connectivity index (χ1v) is 5.82. The van der Waals surface area contributed by atoms with Crippen molar-refractivity contribution >= 4 is 29.2 Å². The third-order valence-electron chi connectivity index (χ3n) is 2.69. The number of ether oxygens (including phenoxy) is 1. The first kappa shape index (κ1) is 12.2. The number of halogens is 2. The third-order valence-corrected chi connectivity index (χ3v) is 3.01. The lowest BCUT2D eigenvalue weighted by Crippen LogP contribution is -2.39. The summed E-state index contributed by atoms with van der Waals surface area (Å²) < 4.78 is 18.5. The highest BCUT2D eigenvalue weighted by Gasteiger charge is 2.25. The Labute approximate surface area is 105 Å². The normalized spacial score (nSPS) is 18.5. The van der Waals surface area contributed by atoms with E-state index < -0.39 is 5.82 Å². The highest BCUT2D eigenvalue weighted by Crippen LogP contribution is 2.39. The fourth-order valence-electron chi connectivity index (χ4n) is 1.91. The van der Waals surface area contributed by atoms with Gasteiger partial charge in [0.25, 0.3) is 0 Å². The molecule has 1 aliphatic heterocycles. The van der Waals surface area contributed by atoms with E-state index in [-0.39, 0.29) is 17.3 Å². The fourth-order valence-corrected chi connectivity index (χ4v) is 2.30. The quantitative estimate of drug-likeness (QED) is 0.599. The molecule has 0 bridgehead atoms. The van der Waals surface area contributed by atoms with E-state index in [0.717, 1.165) is 5.69 Å². The smallest absolute Gasteiger partial charge is 0.167 e. The number of aliphatic imine (C=N–C) groups is 1. The van der Waals surface area contributed by atoms with Crippen LogP contribution in [0.15, 0.2) is 17.1 Å². The summed E-state index contributed by atoms with van der Waals surface area (Å²) in [4.78, 5) is 6.11. The van der Waals surface area contributed by atoms with Gasteiger partial charge in [0.05, 0.1) is 18.5 Å². The largest absolute Gasteiger partial charge is 0.494 e. The number of hydrogen-bond donors (Lipinski definition) is 0. The molecule has 1 aromatic carbocycles. The van der Waals surface area contributed by atoms with Crippen LogP contribution in [0.5, 0.6) is 5.75 Å². The van der Waals surface area contributed by atoms with E-state index in [0.29, 0.717) is 5.69 Å².